The van der Waals surface area contributed by atoms with Crippen molar-refractivity contribution in [2.45, 2.75) is 58.4 Å². The maximum atomic E-state index is 12.5. The zero-order valence-electron chi connectivity index (χ0n) is 11.0. The Kier molecular flexibility index (Phi) is 4.84. The molecule has 0 aliphatic carbocycles. The van der Waals surface area contributed by atoms with Crippen LogP contribution in [0.4, 0.5) is 13.2 Å². The summed E-state index contributed by atoms with van der Waals surface area (Å²) in [6, 6.07) is 0.690. The van der Waals surface area contributed by atoms with E-state index in [1.807, 2.05) is 0 Å². The lowest BCUT2D eigenvalue weighted by molar-refractivity contribution is -0.169. The fraction of sp³-hybridized carbons (Fsp3) is 1.00. The topological polar surface area (TPSA) is 15.3 Å². The predicted molar refractivity (Wildman–Crippen MR) is 62.9 cm³/mol. The molecule has 1 N–H and O–H groups in total. The van der Waals surface area contributed by atoms with Crippen LogP contribution >= 0.6 is 0 Å². The smallest absolute Gasteiger partial charge is 0.312 e. The van der Waals surface area contributed by atoms with E-state index in [-0.39, 0.29) is 19.0 Å². The Balaban J connectivity index is 2.49. The average Bonchev–Trinajstić information content (AvgIpc) is 2.60. The van der Waals surface area contributed by atoms with Crippen LogP contribution in [0.5, 0.6) is 0 Å². The van der Waals surface area contributed by atoms with Gasteiger partial charge in [0.2, 0.25) is 0 Å². The van der Waals surface area contributed by atoms with Crippen molar-refractivity contribution in [2.24, 2.45) is 5.92 Å². The van der Waals surface area contributed by atoms with Crippen LogP contribution < -0.4 is 5.32 Å². The summed E-state index contributed by atoms with van der Waals surface area (Å²) in [5.74, 6) is -1.17. The van der Waals surface area contributed by atoms with Crippen molar-refractivity contribution in [3.05, 3.63) is 0 Å². The van der Waals surface area contributed by atoms with E-state index in [1.165, 1.54) is 0 Å². The summed E-state index contributed by atoms with van der Waals surface area (Å²) in [7, 11) is 0. The van der Waals surface area contributed by atoms with E-state index < -0.39 is 12.1 Å². The minimum absolute atomic E-state index is 0.0357. The Morgan fingerprint density at radius 1 is 1.18 bits per heavy atom. The molecule has 0 amide bonds. The Bertz CT molecular complexity index is 230. The largest absolute Gasteiger partial charge is 0.393 e. The van der Waals surface area contributed by atoms with Crippen LogP contribution in [0.15, 0.2) is 0 Å². The SMILES string of the molecule is CC(C)N(CC1CC(C(F)(F)F)CN1)C(C)C. The van der Waals surface area contributed by atoms with Crippen molar-refractivity contribution in [3.8, 4) is 0 Å². The summed E-state index contributed by atoms with van der Waals surface area (Å²) in [6.45, 7) is 9.08. The molecule has 1 heterocycles. The molecule has 102 valence electrons. The minimum atomic E-state index is -4.05. The fourth-order valence-corrected chi connectivity index (χ4v) is 2.48. The van der Waals surface area contributed by atoms with Gasteiger partial charge < -0.3 is 5.32 Å². The van der Waals surface area contributed by atoms with Gasteiger partial charge in [0.15, 0.2) is 0 Å². The molecule has 0 aromatic heterocycles. The van der Waals surface area contributed by atoms with Crippen LogP contribution in [0, 0.1) is 5.92 Å². The molecule has 0 saturated carbocycles. The highest BCUT2D eigenvalue weighted by Gasteiger charge is 2.44. The molecule has 5 heteroatoms. The second kappa shape index (κ2) is 5.57. The second-order valence-corrected chi connectivity index (χ2v) is 5.46. The number of halogens is 3. The molecule has 17 heavy (non-hydrogen) atoms. The van der Waals surface area contributed by atoms with Gasteiger partial charge >= 0.3 is 6.18 Å². The number of alkyl halides is 3. The molecule has 0 aromatic rings. The summed E-state index contributed by atoms with van der Waals surface area (Å²) in [5.41, 5.74) is 0. The zero-order chi connectivity index (χ0) is 13.2. The van der Waals surface area contributed by atoms with Crippen LogP contribution in [0.25, 0.3) is 0 Å². The van der Waals surface area contributed by atoms with E-state index in [0.717, 1.165) is 0 Å². The molecule has 0 bridgehead atoms. The van der Waals surface area contributed by atoms with Gasteiger partial charge in [0.05, 0.1) is 5.92 Å². The first-order chi connectivity index (χ1) is 7.71. The van der Waals surface area contributed by atoms with E-state index in [9.17, 15) is 13.2 Å². The molecule has 0 spiro atoms. The fourth-order valence-electron chi connectivity index (χ4n) is 2.48. The summed E-state index contributed by atoms with van der Waals surface area (Å²) in [5, 5.41) is 2.99. The van der Waals surface area contributed by atoms with E-state index in [4.69, 9.17) is 0 Å². The second-order valence-electron chi connectivity index (χ2n) is 5.46. The van der Waals surface area contributed by atoms with Gasteiger partial charge in [-0.1, -0.05) is 0 Å². The highest BCUT2D eigenvalue weighted by Crippen LogP contribution is 2.32. The van der Waals surface area contributed by atoms with Gasteiger partial charge in [-0.3, -0.25) is 4.90 Å². The van der Waals surface area contributed by atoms with E-state index >= 15 is 0 Å². The van der Waals surface area contributed by atoms with E-state index in [1.54, 1.807) is 0 Å². The average molecular weight is 252 g/mol. The zero-order valence-corrected chi connectivity index (χ0v) is 11.0. The van der Waals surface area contributed by atoms with Crippen LogP contribution in [0.3, 0.4) is 0 Å². The minimum Gasteiger partial charge on any atom is -0.312 e. The van der Waals surface area contributed by atoms with Crippen LogP contribution in [-0.2, 0) is 0 Å². The molecule has 0 aromatic carbocycles. The number of rotatable bonds is 4. The van der Waals surface area contributed by atoms with Crippen molar-refractivity contribution in [2.75, 3.05) is 13.1 Å². The highest BCUT2D eigenvalue weighted by molar-refractivity contribution is 4.88. The molecule has 2 atom stereocenters. The molecule has 2 nitrogen and oxygen atoms in total. The third-order valence-electron chi connectivity index (χ3n) is 3.44. The third-order valence-corrected chi connectivity index (χ3v) is 3.44. The van der Waals surface area contributed by atoms with Crippen molar-refractivity contribution < 1.29 is 13.2 Å². The molecule has 1 rings (SSSR count). The Morgan fingerprint density at radius 3 is 2.06 bits per heavy atom. The maximum Gasteiger partial charge on any atom is 0.393 e. The highest BCUT2D eigenvalue weighted by atomic mass is 19.4. The first-order valence-corrected chi connectivity index (χ1v) is 6.27. The lowest BCUT2D eigenvalue weighted by atomic mass is 10.0. The monoisotopic (exact) mass is 252 g/mol. The van der Waals surface area contributed by atoms with Crippen molar-refractivity contribution in [1.29, 1.82) is 0 Å². The van der Waals surface area contributed by atoms with Gasteiger partial charge in [0.25, 0.3) is 0 Å². The molecular formula is C12H23F3N2. The number of hydrogen-bond acceptors (Lipinski definition) is 2. The van der Waals surface area contributed by atoms with Gasteiger partial charge in [0, 0.05) is 31.2 Å². The van der Waals surface area contributed by atoms with Crippen LogP contribution in [-0.4, -0.2) is 42.3 Å². The first kappa shape index (κ1) is 14.8. The third kappa shape index (κ3) is 4.14. The molecule has 2 unspecified atom stereocenters. The van der Waals surface area contributed by atoms with E-state index in [2.05, 4.69) is 37.9 Å². The van der Waals surface area contributed by atoms with Crippen LogP contribution in [0.1, 0.15) is 34.1 Å². The van der Waals surface area contributed by atoms with Crippen molar-refractivity contribution in [3.63, 3.8) is 0 Å². The van der Waals surface area contributed by atoms with Gasteiger partial charge in [0.1, 0.15) is 0 Å². The van der Waals surface area contributed by atoms with Gasteiger partial charge in [-0.25, -0.2) is 0 Å². The molecule has 0 radical (unpaired) electrons. The summed E-state index contributed by atoms with van der Waals surface area (Å²) >= 11 is 0. The number of nitrogens with one attached hydrogen (secondary N) is 1. The summed E-state index contributed by atoms with van der Waals surface area (Å²) in [6.07, 6.45) is -3.85. The maximum absolute atomic E-state index is 12.5. The van der Waals surface area contributed by atoms with Gasteiger partial charge in [-0.2, -0.15) is 13.2 Å². The normalized spacial score (nSPS) is 26.5. The number of hydrogen-bond donors (Lipinski definition) is 1. The Morgan fingerprint density at radius 2 is 1.71 bits per heavy atom. The van der Waals surface area contributed by atoms with Crippen LogP contribution in [0.2, 0.25) is 0 Å². The first-order valence-electron chi connectivity index (χ1n) is 6.27. The summed E-state index contributed by atoms with van der Waals surface area (Å²) in [4.78, 5) is 2.23. The Labute approximate surface area is 102 Å². The molecule has 1 saturated heterocycles. The molecule has 1 aliphatic rings. The molecule has 1 fully saturated rings. The lowest BCUT2D eigenvalue weighted by Gasteiger charge is -2.32. The van der Waals surface area contributed by atoms with Crippen molar-refractivity contribution in [1.82, 2.24) is 10.2 Å². The van der Waals surface area contributed by atoms with E-state index in [0.29, 0.717) is 18.6 Å². The molecule has 1 aliphatic heterocycles. The number of nitrogens with zero attached hydrogens (tertiary/aromatic N) is 1. The standard InChI is InChI=1S/C12H23F3N2/c1-8(2)17(9(3)4)7-11-5-10(6-16-11)12(13,14)15/h8-11,16H,5-7H2,1-4H3. The summed E-state index contributed by atoms with van der Waals surface area (Å²) < 4.78 is 37.6. The molecular weight excluding hydrogens is 229 g/mol. The predicted octanol–water partition coefficient (Wildman–Crippen LogP) is 2.65. The quantitative estimate of drug-likeness (QED) is 0.827. The van der Waals surface area contributed by atoms with Gasteiger partial charge in [-0.15, -0.1) is 0 Å². The van der Waals surface area contributed by atoms with Gasteiger partial charge in [-0.05, 0) is 34.1 Å². The lowest BCUT2D eigenvalue weighted by Crippen LogP contribution is -2.44. The Hall–Kier alpha value is -0.290. The van der Waals surface area contributed by atoms with Crippen molar-refractivity contribution >= 4 is 0 Å².